The van der Waals surface area contributed by atoms with Gasteiger partial charge in [-0.2, -0.15) is 0 Å². The molecule has 1 aromatic heterocycles. The molecule has 0 radical (unpaired) electrons. The van der Waals surface area contributed by atoms with E-state index in [0.29, 0.717) is 21.5 Å². The summed E-state index contributed by atoms with van der Waals surface area (Å²) in [5, 5.41) is 0. The number of anilines is 1. The summed E-state index contributed by atoms with van der Waals surface area (Å²) in [6, 6.07) is 8.88. The zero-order valence-corrected chi connectivity index (χ0v) is 13.7. The van der Waals surface area contributed by atoms with Crippen LogP contribution in [0.5, 0.6) is 0 Å². The van der Waals surface area contributed by atoms with Crippen LogP contribution in [0.3, 0.4) is 0 Å². The fourth-order valence-corrected chi connectivity index (χ4v) is 2.92. The SMILES string of the molecule is Cc1cccc(-n2c(N)nc3cc(Br)c(F)cc32)c1Br. The molecule has 0 unspecified atom stereocenters. The number of nitrogens with zero attached hydrogens (tertiary/aromatic N) is 2. The zero-order chi connectivity index (χ0) is 14.4. The van der Waals surface area contributed by atoms with Crippen molar-refractivity contribution in [2.45, 2.75) is 6.92 Å². The Kier molecular flexibility index (Phi) is 3.30. The van der Waals surface area contributed by atoms with Crippen molar-refractivity contribution in [2.24, 2.45) is 0 Å². The van der Waals surface area contributed by atoms with Crippen LogP contribution >= 0.6 is 31.9 Å². The Bertz CT molecular complexity index is 827. The number of imidazole rings is 1. The van der Waals surface area contributed by atoms with Crippen molar-refractivity contribution in [2.75, 3.05) is 5.73 Å². The minimum absolute atomic E-state index is 0.323. The fourth-order valence-electron chi connectivity index (χ4n) is 2.15. The number of halogens is 3. The minimum Gasteiger partial charge on any atom is -0.369 e. The predicted molar refractivity (Wildman–Crippen MR) is 85.6 cm³/mol. The van der Waals surface area contributed by atoms with Gasteiger partial charge in [0.1, 0.15) is 5.82 Å². The van der Waals surface area contributed by atoms with Gasteiger partial charge in [0.2, 0.25) is 5.95 Å². The summed E-state index contributed by atoms with van der Waals surface area (Å²) in [6.07, 6.45) is 0. The first-order valence-corrected chi connectivity index (χ1v) is 7.46. The Morgan fingerprint density at radius 2 is 2.00 bits per heavy atom. The van der Waals surface area contributed by atoms with Crippen LogP contribution in [0, 0.1) is 12.7 Å². The lowest BCUT2D eigenvalue weighted by Gasteiger charge is -2.10. The van der Waals surface area contributed by atoms with Gasteiger partial charge in [-0.05, 0) is 56.5 Å². The molecule has 0 saturated heterocycles. The van der Waals surface area contributed by atoms with Crippen LogP contribution in [-0.4, -0.2) is 9.55 Å². The topological polar surface area (TPSA) is 43.8 Å². The molecule has 3 nitrogen and oxygen atoms in total. The van der Waals surface area contributed by atoms with Gasteiger partial charge in [-0.15, -0.1) is 0 Å². The number of nitrogens with two attached hydrogens (primary N) is 1. The third-order valence-electron chi connectivity index (χ3n) is 3.13. The zero-order valence-electron chi connectivity index (χ0n) is 10.5. The summed E-state index contributed by atoms with van der Waals surface area (Å²) < 4.78 is 16.8. The normalized spacial score (nSPS) is 11.2. The minimum atomic E-state index is -0.345. The number of hydrogen-bond donors (Lipinski definition) is 1. The number of rotatable bonds is 1. The molecule has 0 aliphatic heterocycles. The first-order chi connectivity index (χ1) is 9.49. The van der Waals surface area contributed by atoms with Crippen molar-refractivity contribution in [1.29, 1.82) is 0 Å². The van der Waals surface area contributed by atoms with Crippen molar-refractivity contribution in [3.05, 3.63) is 50.7 Å². The van der Waals surface area contributed by atoms with Gasteiger partial charge < -0.3 is 5.73 Å². The molecule has 0 aliphatic rings. The van der Waals surface area contributed by atoms with Crippen LogP contribution in [-0.2, 0) is 0 Å². The number of nitrogen functional groups attached to an aromatic ring is 1. The highest BCUT2D eigenvalue weighted by Gasteiger charge is 2.15. The highest BCUT2D eigenvalue weighted by atomic mass is 79.9. The van der Waals surface area contributed by atoms with Crippen LogP contribution in [0.1, 0.15) is 5.56 Å². The summed E-state index contributed by atoms with van der Waals surface area (Å²) in [6.45, 7) is 1.99. The highest BCUT2D eigenvalue weighted by molar-refractivity contribution is 9.10. The summed E-state index contributed by atoms with van der Waals surface area (Å²) in [5.41, 5.74) is 9.18. The first kappa shape index (κ1) is 13.6. The average molecular weight is 399 g/mol. The van der Waals surface area contributed by atoms with Gasteiger partial charge in [0.25, 0.3) is 0 Å². The lowest BCUT2D eigenvalue weighted by molar-refractivity contribution is 0.622. The molecule has 0 atom stereocenters. The molecule has 20 heavy (non-hydrogen) atoms. The molecule has 2 aromatic carbocycles. The maximum Gasteiger partial charge on any atom is 0.205 e. The van der Waals surface area contributed by atoms with Gasteiger partial charge in [0, 0.05) is 10.5 Å². The Labute approximate surface area is 131 Å². The monoisotopic (exact) mass is 397 g/mol. The van der Waals surface area contributed by atoms with E-state index in [4.69, 9.17) is 5.73 Å². The first-order valence-electron chi connectivity index (χ1n) is 5.87. The Balaban J connectivity index is 2.39. The van der Waals surface area contributed by atoms with Crippen molar-refractivity contribution >= 4 is 48.8 Å². The molecule has 0 spiro atoms. The van der Waals surface area contributed by atoms with Gasteiger partial charge in [-0.25, -0.2) is 9.37 Å². The third-order valence-corrected chi connectivity index (χ3v) is 4.77. The van der Waals surface area contributed by atoms with Crippen LogP contribution in [0.2, 0.25) is 0 Å². The molecule has 3 rings (SSSR count). The van der Waals surface area contributed by atoms with Gasteiger partial charge in [-0.1, -0.05) is 12.1 Å². The van der Waals surface area contributed by atoms with E-state index >= 15 is 0 Å². The maximum atomic E-state index is 13.8. The predicted octanol–water partition coefficient (Wildman–Crippen LogP) is 4.58. The maximum absolute atomic E-state index is 13.8. The quantitative estimate of drug-likeness (QED) is 0.651. The second-order valence-corrected chi connectivity index (χ2v) is 6.12. The summed E-state index contributed by atoms with van der Waals surface area (Å²) >= 11 is 6.71. The Morgan fingerprint density at radius 3 is 2.75 bits per heavy atom. The molecular weight excluding hydrogens is 389 g/mol. The molecule has 6 heteroatoms. The van der Waals surface area contributed by atoms with Crippen LogP contribution in [0.25, 0.3) is 16.7 Å². The van der Waals surface area contributed by atoms with Crippen LogP contribution < -0.4 is 5.73 Å². The molecule has 3 aromatic rings. The molecule has 0 aliphatic carbocycles. The summed E-state index contributed by atoms with van der Waals surface area (Å²) in [4.78, 5) is 4.29. The molecule has 0 bridgehead atoms. The van der Waals surface area contributed by atoms with E-state index < -0.39 is 0 Å². The van der Waals surface area contributed by atoms with Gasteiger partial charge in [-0.3, -0.25) is 4.57 Å². The Morgan fingerprint density at radius 1 is 1.25 bits per heavy atom. The van der Waals surface area contributed by atoms with Gasteiger partial charge in [0.15, 0.2) is 0 Å². The van der Waals surface area contributed by atoms with Crippen molar-refractivity contribution in [3.63, 3.8) is 0 Å². The molecule has 0 saturated carbocycles. The highest BCUT2D eigenvalue weighted by Crippen LogP contribution is 2.32. The smallest absolute Gasteiger partial charge is 0.205 e. The number of benzene rings is 2. The lowest BCUT2D eigenvalue weighted by atomic mass is 10.2. The van der Waals surface area contributed by atoms with Crippen LogP contribution in [0.4, 0.5) is 10.3 Å². The number of hydrogen-bond acceptors (Lipinski definition) is 2. The van der Waals surface area contributed by atoms with E-state index in [1.54, 1.807) is 10.6 Å². The summed E-state index contributed by atoms with van der Waals surface area (Å²) in [7, 11) is 0. The average Bonchev–Trinajstić information content (AvgIpc) is 2.69. The van der Waals surface area contributed by atoms with Crippen LogP contribution in [0.15, 0.2) is 39.3 Å². The van der Waals surface area contributed by atoms with Gasteiger partial charge in [0.05, 0.1) is 21.2 Å². The molecule has 0 fully saturated rings. The van der Waals surface area contributed by atoms with Crippen molar-refractivity contribution < 1.29 is 4.39 Å². The second kappa shape index (κ2) is 4.86. The fraction of sp³-hybridized carbons (Fsp3) is 0.0714. The van der Waals surface area contributed by atoms with E-state index in [1.807, 2.05) is 25.1 Å². The molecule has 0 amide bonds. The number of aryl methyl sites for hydroxylation is 1. The number of fused-ring (bicyclic) bond motifs is 1. The summed E-state index contributed by atoms with van der Waals surface area (Å²) in [5.74, 6) is -0.0220. The van der Waals surface area contributed by atoms with E-state index in [-0.39, 0.29) is 5.82 Å². The standard InChI is InChI=1S/C14H10Br2FN3/c1-7-3-2-4-11(13(7)16)20-12-6-9(17)8(15)5-10(12)19-14(20)18/h2-6H,1H3,(H2,18,19). The number of aromatic nitrogens is 2. The molecule has 1 heterocycles. The molecule has 102 valence electrons. The van der Waals surface area contributed by atoms with Crippen molar-refractivity contribution in [1.82, 2.24) is 9.55 Å². The van der Waals surface area contributed by atoms with Crippen molar-refractivity contribution in [3.8, 4) is 5.69 Å². The molecular formula is C14H10Br2FN3. The largest absolute Gasteiger partial charge is 0.369 e. The van der Waals surface area contributed by atoms with E-state index in [1.165, 1.54) is 6.07 Å². The van der Waals surface area contributed by atoms with E-state index in [0.717, 1.165) is 15.7 Å². The molecule has 2 N–H and O–H groups in total. The third kappa shape index (κ3) is 2.03. The van der Waals surface area contributed by atoms with E-state index in [9.17, 15) is 4.39 Å². The van der Waals surface area contributed by atoms with Gasteiger partial charge >= 0.3 is 0 Å². The van der Waals surface area contributed by atoms with E-state index in [2.05, 4.69) is 36.8 Å². The Hall–Kier alpha value is -1.40. The lowest BCUT2D eigenvalue weighted by Crippen LogP contribution is -2.02. The second-order valence-electron chi connectivity index (χ2n) is 4.47.